The Kier molecular flexibility index (Phi) is 13.2. The fraction of sp³-hybridized carbons (Fsp3) is 0. The average Bonchev–Trinajstić information content (AvgIpc) is 1.61. The van der Waals surface area contributed by atoms with Crippen LogP contribution in [0.3, 0.4) is 0 Å². The minimum atomic E-state index is 1.16. The number of rotatable bonds is 9. The molecule has 440 valence electrons. The first-order chi connectivity index (χ1) is 46.6. The van der Waals surface area contributed by atoms with Crippen molar-refractivity contribution in [1.82, 2.24) is 18.3 Å². The van der Waals surface area contributed by atoms with Crippen molar-refractivity contribution in [2.24, 2.45) is 0 Å². The van der Waals surface area contributed by atoms with E-state index in [0.717, 1.165) is 5.69 Å². The van der Waals surface area contributed by atoms with E-state index in [1.807, 2.05) is 0 Å². The molecule has 15 aromatic carbocycles. The maximum absolute atomic E-state index is 2.40. The van der Waals surface area contributed by atoms with Crippen molar-refractivity contribution in [2.75, 3.05) is 0 Å². The number of fused-ring (bicyclic) bond motifs is 12. The zero-order valence-corrected chi connectivity index (χ0v) is 51.4. The monoisotopic (exact) mass is 1200 g/mol. The van der Waals surface area contributed by atoms with E-state index in [1.165, 1.54) is 160 Å². The number of para-hydroxylation sites is 6. The third-order valence-corrected chi connectivity index (χ3v) is 19.0. The van der Waals surface area contributed by atoms with Crippen LogP contribution in [-0.2, 0) is 0 Å². The zero-order chi connectivity index (χ0) is 62.1. The van der Waals surface area contributed by atoms with Crippen LogP contribution in [0.2, 0.25) is 0 Å². The smallest absolute Gasteiger partial charge is 0.0541 e. The zero-order valence-electron chi connectivity index (χ0n) is 51.4. The summed E-state index contributed by atoms with van der Waals surface area (Å²) < 4.78 is 9.54. The van der Waals surface area contributed by atoms with Crippen LogP contribution < -0.4 is 0 Å². The molecule has 0 N–H and O–H groups in total. The summed E-state index contributed by atoms with van der Waals surface area (Å²) in [5.74, 6) is 0. The van der Waals surface area contributed by atoms with Gasteiger partial charge in [-0.15, -0.1) is 0 Å². The Morgan fingerprint density at radius 1 is 0.117 bits per heavy atom. The molecule has 19 aromatic rings. The van der Waals surface area contributed by atoms with Crippen LogP contribution in [-0.4, -0.2) is 18.3 Å². The number of benzene rings is 15. The van der Waals surface area contributed by atoms with Crippen molar-refractivity contribution < 1.29 is 0 Å². The van der Waals surface area contributed by atoms with E-state index >= 15 is 0 Å². The van der Waals surface area contributed by atoms with Crippen LogP contribution in [0.5, 0.6) is 0 Å². The van der Waals surface area contributed by atoms with Gasteiger partial charge in [0.25, 0.3) is 0 Å². The lowest BCUT2D eigenvalue weighted by atomic mass is 10.00. The van der Waals surface area contributed by atoms with Crippen molar-refractivity contribution in [2.45, 2.75) is 0 Å². The highest BCUT2D eigenvalue weighted by atomic mass is 15.0. The highest BCUT2D eigenvalue weighted by Gasteiger charge is 2.19. The van der Waals surface area contributed by atoms with Crippen LogP contribution in [0.15, 0.2) is 364 Å². The van der Waals surface area contributed by atoms with E-state index in [4.69, 9.17) is 0 Å². The van der Waals surface area contributed by atoms with Crippen LogP contribution in [0, 0.1) is 0 Å². The minimum absolute atomic E-state index is 1.16. The predicted molar refractivity (Wildman–Crippen MR) is 397 cm³/mol. The summed E-state index contributed by atoms with van der Waals surface area (Å²) in [7, 11) is 0. The van der Waals surface area contributed by atoms with E-state index in [2.05, 4.69) is 382 Å². The van der Waals surface area contributed by atoms with Gasteiger partial charge in [0.2, 0.25) is 0 Å². The molecule has 0 saturated carbocycles. The average molecular weight is 1200 g/mol. The molecule has 4 aromatic heterocycles. The number of aromatic nitrogens is 4. The van der Waals surface area contributed by atoms with Crippen molar-refractivity contribution in [1.29, 1.82) is 0 Å². The first-order valence-electron chi connectivity index (χ1n) is 32.3. The molecule has 0 radical (unpaired) electrons. The van der Waals surface area contributed by atoms with E-state index in [-0.39, 0.29) is 0 Å². The van der Waals surface area contributed by atoms with Crippen LogP contribution >= 0.6 is 0 Å². The molecule has 0 atom stereocenters. The van der Waals surface area contributed by atoms with Gasteiger partial charge in [-0.25, -0.2) is 0 Å². The molecule has 0 aliphatic rings. The second kappa shape index (κ2) is 22.8. The molecule has 0 unspecified atom stereocenters. The Bertz CT molecular complexity index is 6050. The number of hydrogen-bond donors (Lipinski definition) is 0. The molecule has 0 aliphatic heterocycles. The van der Waals surface area contributed by atoms with Gasteiger partial charge in [0.15, 0.2) is 0 Å². The van der Waals surface area contributed by atoms with Crippen molar-refractivity contribution >= 4 is 87.2 Å². The van der Waals surface area contributed by atoms with Gasteiger partial charge in [0.05, 0.1) is 44.1 Å². The largest absolute Gasteiger partial charge is 0.309 e. The van der Waals surface area contributed by atoms with Gasteiger partial charge in [-0.3, -0.25) is 0 Å². The minimum Gasteiger partial charge on any atom is -0.309 e. The maximum Gasteiger partial charge on any atom is 0.0541 e. The van der Waals surface area contributed by atoms with Crippen LogP contribution in [0.1, 0.15) is 0 Å². The van der Waals surface area contributed by atoms with Crippen molar-refractivity contribution in [3.05, 3.63) is 364 Å². The summed E-state index contributed by atoms with van der Waals surface area (Å²) in [6, 6.07) is 132. The van der Waals surface area contributed by atoms with Crippen LogP contribution in [0.25, 0.3) is 166 Å². The summed E-state index contributed by atoms with van der Waals surface area (Å²) in [6.45, 7) is 0. The lowest BCUT2D eigenvalue weighted by molar-refractivity contribution is 1.18. The van der Waals surface area contributed by atoms with Gasteiger partial charge in [-0.2, -0.15) is 0 Å². The molecular weight excluding hydrogens is 1140 g/mol. The molecule has 4 heterocycles. The van der Waals surface area contributed by atoms with Crippen molar-refractivity contribution in [3.63, 3.8) is 0 Å². The summed E-state index contributed by atoms with van der Waals surface area (Å²) in [5, 5.41) is 10.1. The standard InChI is InChI=1S/C48H32N2.C42H28N2/c1-3-11-33(12-4-1)34-19-21-35(22-20-34)36-23-27-40(28-24-36)50-46-18-10-8-16-42(46)44-32-38(26-30-48(44)50)37-25-29-47-43(31-37)41-15-7-9-17-45(41)49(47)39-13-5-2-6-14-39;1-3-12-29(13-4-1)30-14-11-17-34(26-30)44-40-21-10-8-19-36(40)38-28-32(23-25-42(38)44)31-22-24-41-37(27-31)35-18-7-9-20-39(35)43(41)33-15-5-2-6-16-33/h1-32H;1-28H. The molecular formula is C90H60N4. The molecule has 0 bridgehead atoms. The van der Waals surface area contributed by atoms with E-state index in [0.29, 0.717) is 0 Å². The van der Waals surface area contributed by atoms with Gasteiger partial charge < -0.3 is 18.3 Å². The third-order valence-electron chi connectivity index (χ3n) is 19.0. The normalized spacial score (nSPS) is 11.6. The third kappa shape index (κ3) is 9.30. The lowest BCUT2D eigenvalue weighted by Crippen LogP contribution is -1.94. The Hall–Kier alpha value is -12.5. The molecule has 0 fully saturated rings. The first-order valence-corrected chi connectivity index (χ1v) is 32.3. The summed E-state index contributed by atoms with van der Waals surface area (Å²) >= 11 is 0. The second-order valence-corrected chi connectivity index (χ2v) is 24.4. The van der Waals surface area contributed by atoms with E-state index < -0.39 is 0 Å². The highest BCUT2D eigenvalue weighted by Crippen LogP contribution is 2.42. The maximum atomic E-state index is 2.40. The summed E-state index contributed by atoms with van der Waals surface area (Å²) in [6.07, 6.45) is 0. The Balaban J connectivity index is 0.000000139. The molecule has 4 nitrogen and oxygen atoms in total. The summed E-state index contributed by atoms with van der Waals surface area (Å²) in [4.78, 5) is 0. The molecule has 94 heavy (non-hydrogen) atoms. The van der Waals surface area contributed by atoms with Crippen LogP contribution in [0.4, 0.5) is 0 Å². The molecule has 19 rings (SSSR count). The Morgan fingerprint density at radius 2 is 0.330 bits per heavy atom. The SMILES string of the molecule is c1ccc(-c2ccc(-c3ccc(-n4c5ccccc5c5cc(-c6ccc7c(c6)c6ccccc6n7-c6ccccc6)ccc54)cc3)cc2)cc1.c1ccc(-c2cccc(-n3c4ccccc4c4cc(-c5ccc6c(c5)c5ccccc5n6-c5ccccc5)ccc43)c2)cc1. The molecule has 0 amide bonds. The first kappa shape index (κ1) is 54.4. The molecule has 0 spiro atoms. The topological polar surface area (TPSA) is 19.7 Å². The van der Waals surface area contributed by atoms with Gasteiger partial charge in [-0.05, 0) is 177 Å². The predicted octanol–water partition coefficient (Wildman–Crippen LogP) is 24.1. The van der Waals surface area contributed by atoms with E-state index in [1.54, 1.807) is 0 Å². The molecule has 0 saturated heterocycles. The lowest BCUT2D eigenvalue weighted by Gasteiger charge is -2.11. The van der Waals surface area contributed by atoms with Crippen molar-refractivity contribution in [3.8, 4) is 78.4 Å². The summed E-state index contributed by atoms with van der Waals surface area (Å²) in [5.41, 5.74) is 26.6. The van der Waals surface area contributed by atoms with Gasteiger partial charge >= 0.3 is 0 Å². The van der Waals surface area contributed by atoms with Gasteiger partial charge in [-0.1, -0.05) is 243 Å². The fourth-order valence-electron chi connectivity index (χ4n) is 14.6. The van der Waals surface area contributed by atoms with Gasteiger partial charge in [0, 0.05) is 65.8 Å². The molecule has 4 heteroatoms. The second-order valence-electron chi connectivity index (χ2n) is 24.4. The Labute approximate surface area is 544 Å². The number of hydrogen-bond acceptors (Lipinski definition) is 0. The molecule has 0 aliphatic carbocycles. The Morgan fingerprint density at radius 3 is 0.681 bits per heavy atom. The van der Waals surface area contributed by atoms with E-state index in [9.17, 15) is 0 Å². The highest BCUT2D eigenvalue weighted by molar-refractivity contribution is 6.15. The van der Waals surface area contributed by atoms with Gasteiger partial charge in [0.1, 0.15) is 0 Å². The quantitative estimate of drug-likeness (QED) is 0.137. The fourth-order valence-corrected chi connectivity index (χ4v) is 14.6. The number of nitrogens with zero attached hydrogens (tertiary/aromatic N) is 4.